The minimum absolute atomic E-state index is 0.00463. The van der Waals surface area contributed by atoms with E-state index in [9.17, 15) is 4.79 Å². The number of hydrogen-bond acceptors (Lipinski definition) is 1. The number of carbonyl (C=O) groups excluding carboxylic acids is 1. The maximum Gasteiger partial charge on any atom is 0.253 e. The molecule has 0 spiro atoms. The lowest BCUT2D eigenvalue weighted by Gasteiger charge is -2.21. The molecule has 0 saturated heterocycles. The van der Waals surface area contributed by atoms with Crippen LogP contribution in [0.25, 0.3) is 0 Å². The molecule has 0 aliphatic carbocycles. The minimum Gasteiger partial charge on any atom is -0.347 e. The lowest BCUT2D eigenvalue weighted by atomic mass is 10.1. The molecular formula is C12H16INO. The first kappa shape index (κ1) is 12.5. The van der Waals surface area contributed by atoms with Crippen molar-refractivity contribution in [1.82, 2.24) is 5.32 Å². The number of halogens is 1. The largest absolute Gasteiger partial charge is 0.347 e. The summed E-state index contributed by atoms with van der Waals surface area (Å²) in [5.41, 5.74) is 1.61. The Morgan fingerprint density at radius 2 is 1.93 bits per heavy atom. The van der Waals surface area contributed by atoms with Gasteiger partial charge in [0.25, 0.3) is 5.91 Å². The third kappa shape index (κ3) is 3.48. The second-order valence-corrected chi connectivity index (χ2v) is 5.80. The van der Waals surface area contributed by atoms with Gasteiger partial charge in [0.1, 0.15) is 0 Å². The zero-order valence-corrected chi connectivity index (χ0v) is 11.7. The predicted molar refractivity (Wildman–Crippen MR) is 71.1 cm³/mol. The quantitative estimate of drug-likeness (QED) is 0.792. The fourth-order valence-corrected chi connectivity index (χ4v) is 2.20. The van der Waals surface area contributed by atoms with E-state index in [-0.39, 0.29) is 11.4 Å². The van der Waals surface area contributed by atoms with Crippen LogP contribution in [0.5, 0.6) is 0 Å². The molecular weight excluding hydrogens is 301 g/mol. The van der Waals surface area contributed by atoms with Gasteiger partial charge in [0, 0.05) is 9.11 Å². The number of hydrogen-bond donors (Lipinski definition) is 1. The zero-order chi connectivity index (χ0) is 11.6. The fraction of sp³-hybridized carbons (Fsp3) is 0.417. The molecule has 1 rings (SSSR count). The molecule has 3 heteroatoms. The van der Waals surface area contributed by atoms with Crippen LogP contribution >= 0.6 is 22.6 Å². The predicted octanol–water partition coefficient (Wildman–Crippen LogP) is 3.13. The van der Waals surface area contributed by atoms with Crippen LogP contribution in [0.4, 0.5) is 0 Å². The summed E-state index contributed by atoms with van der Waals surface area (Å²) < 4.78 is 0.995. The van der Waals surface area contributed by atoms with E-state index in [1.165, 1.54) is 0 Å². The first-order chi connectivity index (χ1) is 6.81. The van der Waals surface area contributed by atoms with E-state index in [0.29, 0.717) is 0 Å². The standard InChI is InChI=1S/C12H16INO/c1-8-6-5-7-9(13)10(8)11(15)14-12(2,3)4/h5-7H,1-4H3,(H,14,15). The Morgan fingerprint density at radius 3 is 2.40 bits per heavy atom. The number of carbonyl (C=O) groups is 1. The van der Waals surface area contributed by atoms with Gasteiger partial charge in [-0.05, 0) is 61.9 Å². The SMILES string of the molecule is Cc1cccc(I)c1C(=O)NC(C)(C)C. The van der Waals surface area contributed by atoms with Gasteiger partial charge in [-0.15, -0.1) is 0 Å². The molecule has 1 N–H and O–H groups in total. The van der Waals surface area contributed by atoms with E-state index in [4.69, 9.17) is 0 Å². The topological polar surface area (TPSA) is 29.1 Å². The van der Waals surface area contributed by atoms with E-state index in [1.807, 2.05) is 45.9 Å². The average molecular weight is 317 g/mol. The van der Waals surface area contributed by atoms with Crippen molar-refractivity contribution in [2.45, 2.75) is 33.2 Å². The van der Waals surface area contributed by atoms with Crippen LogP contribution in [0.15, 0.2) is 18.2 Å². The summed E-state index contributed by atoms with van der Waals surface area (Å²) >= 11 is 2.19. The van der Waals surface area contributed by atoms with Gasteiger partial charge in [0.2, 0.25) is 0 Å². The average Bonchev–Trinajstić information content (AvgIpc) is 1.99. The number of aryl methyl sites for hydroxylation is 1. The lowest BCUT2D eigenvalue weighted by Crippen LogP contribution is -2.41. The minimum atomic E-state index is -0.192. The molecule has 0 radical (unpaired) electrons. The molecule has 2 nitrogen and oxygen atoms in total. The molecule has 1 amide bonds. The molecule has 82 valence electrons. The molecule has 0 heterocycles. The molecule has 1 aromatic carbocycles. The maximum absolute atomic E-state index is 12.0. The van der Waals surface area contributed by atoms with Crippen molar-refractivity contribution in [2.24, 2.45) is 0 Å². The zero-order valence-electron chi connectivity index (χ0n) is 9.52. The van der Waals surface area contributed by atoms with E-state index < -0.39 is 0 Å². The Kier molecular flexibility index (Phi) is 3.76. The third-order valence-corrected chi connectivity index (χ3v) is 2.84. The Balaban J connectivity index is 3.02. The third-order valence-electron chi connectivity index (χ3n) is 1.94. The Labute approximate surface area is 105 Å². The first-order valence-electron chi connectivity index (χ1n) is 4.89. The van der Waals surface area contributed by atoms with Gasteiger partial charge in [-0.3, -0.25) is 4.79 Å². The normalized spacial score (nSPS) is 11.3. The van der Waals surface area contributed by atoms with E-state index in [0.717, 1.165) is 14.7 Å². The van der Waals surface area contributed by atoms with Crippen molar-refractivity contribution in [3.8, 4) is 0 Å². The second-order valence-electron chi connectivity index (χ2n) is 4.64. The highest BCUT2D eigenvalue weighted by molar-refractivity contribution is 14.1. The molecule has 0 unspecified atom stereocenters. The summed E-state index contributed by atoms with van der Waals surface area (Å²) in [4.78, 5) is 12.0. The van der Waals surface area contributed by atoms with Crippen LogP contribution in [0.1, 0.15) is 36.7 Å². The van der Waals surface area contributed by atoms with Crippen molar-refractivity contribution in [3.63, 3.8) is 0 Å². The van der Waals surface area contributed by atoms with Gasteiger partial charge in [-0.2, -0.15) is 0 Å². The summed E-state index contributed by atoms with van der Waals surface area (Å²) in [5, 5.41) is 2.97. The maximum atomic E-state index is 12.0. The Bertz CT molecular complexity index is 359. The number of rotatable bonds is 1. The van der Waals surface area contributed by atoms with Gasteiger partial charge in [-0.25, -0.2) is 0 Å². The van der Waals surface area contributed by atoms with Crippen LogP contribution in [0.2, 0.25) is 0 Å². The van der Waals surface area contributed by atoms with Gasteiger partial charge >= 0.3 is 0 Å². The highest BCUT2D eigenvalue weighted by atomic mass is 127. The van der Waals surface area contributed by atoms with E-state index in [2.05, 4.69) is 27.9 Å². The van der Waals surface area contributed by atoms with Crippen molar-refractivity contribution >= 4 is 28.5 Å². The van der Waals surface area contributed by atoms with Gasteiger partial charge in [0.15, 0.2) is 0 Å². The molecule has 0 aliphatic rings. The summed E-state index contributed by atoms with van der Waals surface area (Å²) in [6.45, 7) is 7.90. The number of nitrogens with one attached hydrogen (secondary N) is 1. The molecule has 0 aromatic heterocycles. The van der Waals surface area contributed by atoms with Gasteiger partial charge in [-0.1, -0.05) is 12.1 Å². The van der Waals surface area contributed by atoms with E-state index >= 15 is 0 Å². The molecule has 0 atom stereocenters. The molecule has 0 fully saturated rings. The number of benzene rings is 1. The molecule has 15 heavy (non-hydrogen) atoms. The van der Waals surface area contributed by atoms with Crippen LogP contribution in [0, 0.1) is 10.5 Å². The summed E-state index contributed by atoms with van der Waals surface area (Å²) in [6.07, 6.45) is 0. The van der Waals surface area contributed by atoms with Crippen molar-refractivity contribution < 1.29 is 4.79 Å². The summed E-state index contributed by atoms with van der Waals surface area (Å²) in [6, 6.07) is 5.87. The van der Waals surface area contributed by atoms with Crippen LogP contribution in [-0.4, -0.2) is 11.4 Å². The van der Waals surface area contributed by atoms with Crippen LogP contribution in [-0.2, 0) is 0 Å². The summed E-state index contributed by atoms with van der Waals surface area (Å²) in [7, 11) is 0. The molecule has 0 bridgehead atoms. The number of amides is 1. The van der Waals surface area contributed by atoms with Gasteiger partial charge in [0.05, 0.1) is 5.56 Å². The van der Waals surface area contributed by atoms with E-state index in [1.54, 1.807) is 0 Å². The van der Waals surface area contributed by atoms with Crippen molar-refractivity contribution in [3.05, 3.63) is 32.9 Å². The van der Waals surface area contributed by atoms with Crippen LogP contribution in [0.3, 0.4) is 0 Å². The van der Waals surface area contributed by atoms with Crippen LogP contribution < -0.4 is 5.32 Å². The molecule has 1 aromatic rings. The Hall–Kier alpha value is -0.580. The lowest BCUT2D eigenvalue weighted by molar-refractivity contribution is 0.0918. The van der Waals surface area contributed by atoms with Crippen molar-refractivity contribution in [1.29, 1.82) is 0 Å². The summed E-state index contributed by atoms with van der Waals surface area (Å²) in [5.74, 6) is 0.00463. The fourth-order valence-electron chi connectivity index (χ4n) is 1.32. The van der Waals surface area contributed by atoms with Gasteiger partial charge < -0.3 is 5.32 Å². The molecule has 0 aliphatic heterocycles. The monoisotopic (exact) mass is 317 g/mol. The second kappa shape index (κ2) is 4.51. The van der Waals surface area contributed by atoms with Crippen molar-refractivity contribution in [2.75, 3.05) is 0 Å². The molecule has 0 saturated carbocycles. The smallest absolute Gasteiger partial charge is 0.253 e. The highest BCUT2D eigenvalue weighted by Gasteiger charge is 2.18. The Morgan fingerprint density at radius 1 is 1.33 bits per heavy atom. The highest BCUT2D eigenvalue weighted by Crippen LogP contribution is 2.17. The first-order valence-corrected chi connectivity index (χ1v) is 5.97.